The van der Waals surface area contributed by atoms with Gasteiger partial charge in [0, 0.05) is 35.8 Å². The zero-order chi connectivity index (χ0) is 20.1. The third-order valence-electron chi connectivity index (χ3n) is 4.23. The lowest BCUT2D eigenvalue weighted by Crippen LogP contribution is -2.19. The van der Waals surface area contributed by atoms with Crippen LogP contribution in [0.3, 0.4) is 0 Å². The predicted octanol–water partition coefficient (Wildman–Crippen LogP) is 4.16. The second-order valence-electron chi connectivity index (χ2n) is 6.85. The fraction of sp³-hybridized carbons (Fsp3) is 0.227. The van der Waals surface area contributed by atoms with Crippen molar-refractivity contribution in [2.45, 2.75) is 18.7 Å². The normalized spacial score (nSPS) is 11.1. The summed E-state index contributed by atoms with van der Waals surface area (Å²) in [5, 5.41) is 5.14. The van der Waals surface area contributed by atoms with E-state index in [0.29, 0.717) is 5.75 Å². The monoisotopic (exact) mass is 392 g/mol. The first kappa shape index (κ1) is 19.9. The summed E-state index contributed by atoms with van der Waals surface area (Å²) in [6, 6.07) is 16.2. The number of nitrogens with one attached hydrogen (secondary N) is 1. The quantitative estimate of drug-likeness (QED) is 0.389. The van der Waals surface area contributed by atoms with Gasteiger partial charge in [0.2, 0.25) is 5.91 Å². The van der Waals surface area contributed by atoms with Crippen molar-refractivity contribution in [3.8, 4) is 0 Å². The molecule has 28 heavy (non-hydrogen) atoms. The van der Waals surface area contributed by atoms with Crippen LogP contribution in [-0.4, -0.2) is 37.0 Å². The van der Waals surface area contributed by atoms with Crippen LogP contribution in [0, 0.1) is 13.8 Å². The molecular formula is C22H24N4OS. The van der Waals surface area contributed by atoms with Gasteiger partial charge in [-0.05, 0) is 49.7 Å². The van der Waals surface area contributed by atoms with E-state index in [1.165, 1.54) is 17.3 Å². The molecule has 0 bridgehead atoms. The van der Waals surface area contributed by atoms with Crippen LogP contribution >= 0.6 is 11.8 Å². The number of nitrogens with zero attached hydrogens (tertiary/aromatic N) is 3. The van der Waals surface area contributed by atoms with Gasteiger partial charge in [0.05, 0.1) is 17.5 Å². The van der Waals surface area contributed by atoms with Crippen molar-refractivity contribution in [2.24, 2.45) is 5.10 Å². The minimum absolute atomic E-state index is 0.138. The van der Waals surface area contributed by atoms with Gasteiger partial charge in [-0.3, -0.25) is 9.78 Å². The van der Waals surface area contributed by atoms with Gasteiger partial charge in [0.25, 0.3) is 0 Å². The molecule has 5 nitrogen and oxygen atoms in total. The number of anilines is 1. The van der Waals surface area contributed by atoms with Crippen molar-refractivity contribution in [2.75, 3.05) is 24.7 Å². The Morgan fingerprint density at radius 3 is 2.61 bits per heavy atom. The van der Waals surface area contributed by atoms with Crippen LogP contribution in [-0.2, 0) is 4.79 Å². The molecule has 1 N–H and O–H groups in total. The molecule has 144 valence electrons. The van der Waals surface area contributed by atoms with Gasteiger partial charge >= 0.3 is 0 Å². The molecule has 0 aliphatic heterocycles. The molecule has 1 aromatic heterocycles. The molecule has 0 fully saturated rings. The van der Waals surface area contributed by atoms with Crippen LogP contribution < -0.4 is 10.3 Å². The van der Waals surface area contributed by atoms with Crippen molar-refractivity contribution in [3.05, 3.63) is 65.4 Å². The van der Waals surface area contributed by atoms with Gasteiger partial charge in [0.1, 0.15) is 0 Å². The van der Waals surface area contributed by atoms with Gasteiger partial charge in [-0.25, -0.2) is 5.43 Å². The average Bonchev–Trinajstić information content (AvgIpc) is 2.67. The summed E-state index contributed by atoms with van der Waals surface area (Å²) in [5.41, 5.74) is 7.72. The number of benzene rings is 2. The van der Waals surface area contributed by atoms with Gasteiger partial charge in [-0.1, -0.05) is 23.8 Å². The van der Waals surface area contributed by atoms with Crippen LogP contribution in [0.4, 0.5) is 5.69 Å². The van der Waals surface area contributed by atoms with Gasteiger partial charge in [-0.15, -0.1) is 11.8 Å². The fourth-order valence-corrected chi connectivity index (χ4v) is 3.69. The molecule has 1 amide bonds. The second kappa shape index (κ2) is 8.89. The largest absolute Gasteiger partial charge is 0.378 e. The molecule has 0 atom stereocenters. The second-order valence-corrected chi connectivity index (χ2v) is 7.87. The Hall–Kier alpha value is -2.86. The van der Waals surface area contributed by atoms with Crippen LogP contribution in [0.2, 0.25) is 0 Å². The highest BCUT2D eigenvalue weighted by Gasteiger charge is 2.08. The minimum atomic E-state index is -0.138. The van der Waals surface area contributed by atoms with E-state index in [0.717, 1.165) is 32.7 Å². The van der Waals surface area contributed by atoms with Gasteiger partial charge in [-0.2, -0.15) is 5.10 Å². The van der Waals surface area contributed by atoms with E-state index in [4.69, 9.17) is 0 Å². The standard InChI is InChI=1S/C22H24N4OS/c1-15-5-10-20-19(11-15)21(12-16(2)24-20)28-14-22(27)25-23-13-17-6-8-18(9-7-17)26(3)4/h5-13H,14H2,1-4H3,(H,25,27). The fourth-order valence-electron chi connectivity index (χ4n) is 2.77. The molecule has 3 rings (SSSR count). The van der Waals surface area contributed by atoms with E-state index in [1.54, 1.807) is 6.21 Å². The molecule has 2 aromatic carbocycles. The van der Waals surface area contributed by atoms with Gasteiger partial charge in [0.15, 0.2) is 0 Å². The van der Waals surface area contributed by atoms with E-state index < -0.39 is 0 Å². The molecular weight excluding hydrogens is 368 g/mol. The Bertz CT molecular complexity index is 1010. The number of hydrazone groups is 1. The van der Waals surface area contributed by atoms with Crippen LogP contribution in [0.15, 0.2) is 58.5 Å². The summed E-state index contributed by atoms with van der Waals surface area (Å²) in [6.07, 6.45) is 1.65. The number of carbonyl (C=O) groups excluding carboxylic acids is 1. The molecule has 0 saturated carbocycles. The van der Waals surface area contributed by atoms with Crippen LogP contribution in [0.1, 0.15) is 16.8 Å². The molecule has 3 aromatic rings. The lowest BCUT2D eigenvalue weighted by molar-refractivity contribution is -0.118. The van der Waals surface area contributed by atoms with E-state index >= 15 is 0 Å². The minimum Gasteiger partial charge on any atom is -0.378 e. The first-order valence-electron chi connectivity index (χ1n) is 9.02. The number of hydrogen-bond acceptors (Lipinski definition) is 5. The lowest BCUT2D eigenvalue weighted by atomic mass is 10.1. The zero-order valence-corrected chi connectivity index (χ0v) is 17.4. The van der Waals surface area contributed by atoms with Crippen molar-refractivity contribution in [1.29, 1.82) is 0 Å². The number of rotatable bonds is 6. The molecule has 0 saturated heterocycles. The lowest BCUT2D eigenvalue weighted by Gasteiger charge is -2.11. The van der Waals surface area contributed by atoms with E-state index in [-0.39, 0.29) is 5.91 Å². The smallest absolute Gasteiger partial charge is 0.250 e. The number of aromatic nitrogens is 1. The maximum absolute atomic E-state index is 12.2. The summed E-state index contributed by atoms with van der Waals surface area (Å²) in [6.45, 7) is 4.02. The number of amides is 1. The summed E-state index contributed by atoms with van der Waals surface area (Å²) >= 11 is 1.50. The number of fused-ring (bicyclic) bond motifs is 1. The topological polar surface area (TPSA) is 57.6 Å². The van der Waals surface area contributed by atoms with Crippen LogP contribution in [0.5, 0.6) is 0 Å². The molecule has 0 aliphatic carbocycles. The SMILES string of the molecule is Cc1ccc2nc(C)cc(SCC(=O)NN=Cc3ccc(N(C)C)cc3)c2c1. The summed E-state index contributed by atoms with van der Waals surface area (Å²) < 4.78 is 0. The summed E-state index contributed by atoms with van der Waals surface area (Å²) in [7, 11) is 3.99. The third-order valence-corrected chi connectivity index (χ3v) is 5.28. The third kappa shape index (κ3) is 5.10. The van der Waals surface area contributed by atoms with E-state index in [9.17, 15) is 4.79 Å². The van der Waals surface area contributed by atoms with Crippen molar-refractivity contribution < 1.29 is 4.79 Å². The molecule has 0 radical (unpaired) electrons. The first-order chi connectivity index (χ1) is 13.4. The molecule has 6 heteroatoms. The highest BCUT2D eigenvalue weighted by Crippen LogP contribution is 2.28. The maximum Gasteiger partial charge on any atom is 0.250 e. The summed E-state index contributed by atoms with van der Waals surface area (Å²) in [4.78, 5) is 19.8. The molecule has 0 unspecified atom stereocenters. The van der Waals surface area contributed by atoms with Crippen LogP contribution in [0.25, 0.3) is 10.9 Å². The summed E-state index contributed by atoms with van der Waals surface area (Å²) in [5.74, 6) is 0.157. The Labute approximate surface area is 169 Å². The maximum atomic E-state index is 12.2. The highest BCUT2D eigenvalue weighted by atomic mass is 32.2. The highest BCUT2D eigenvalue weighted by molar-refractivity contribution is 8.00. The van der Waals surface area contributed by atoms with Gasteiger partial charge < -0.3 is 4.90 Å². The van der Waals surface area contributed by atoms with Crippen molar-refractivity contribution in [3.63, 3.8) is 0 Å². The Morgan fingerprint density at radius 2 is 1.89 bits per heavy atom. The average molecular weight is 393 g/mol. The van der Waals surface area contributed by atoms with Crippen molar-refractivity contribution >= 4 is 40.5 Å². The zero-order valence-electron chi connectivity index (χ0n) is 16.6. The predicted molar refractivity (Wildman–Crippen MR) is 118 cm³/mol. The molecule has 1 heterocycles. The number of carbonyl (C=O) groups is 1. The number of hydrogen-bond donors (Lipinski definition) is 1. The Morgan fingerprint density at radius 1 is 1.14 bits per heavy atom. The first-order valence-corrected chi connectivity index (χ1v) is 10.0. The molecule has 0 spiro atoms. The number of pyridine rings is 1. The Kier molecular flexibility index (Phi) is 6.31. The van der Waals surface area contributed by atoms with E-state index in [1.807, 2.05) is 62.3 Å². The number of thioether (sulfide) groups is 1. The molecule has 0 aliphatic rings. The number of aryl methyl sites for hydroxylation is 2. The van der Waals surface area contributed by atoms with Crippen molar-refractivity contribution in [1.82, 2.24) is 10.4 Å². The Balaban J connectivity index is 1.60. The van der Waals surface area contributed by atoms with E-state index in [2.05, 4.69) is 34.6 Å².